The first-order chi connectivity index (χ1) is 9.31. The summed E-state index contributed by atoms with van der Waals surface area (Å²) in [4.78, 5) is 7.05. The molecule has 4 heteroatoms. The van der Waals surface area contributed by atoms with Crippen LogP contribution in [0.25, 0.3) is 0 Å². The lowest BCUT2D eigenvalue weighted by molar-refractivity contribution is 0.165. The van der Waals surface area contributed by atoms with Crippen molar-refractivity contribution in [3.63, 3.8) is 0 Å². The molecule has 0 radical (unpaired) electrons. The molecule has 3 rings (SSSR count). The molecule has 1 fully saturated rings. The van der Waals surface area contributed by atoms with Crippen LogP contribution in [-0.4, -0.2) is 27.5 Å². The third kappa shape index (κ3) is 3.25. The van der Waals surface area contributed by atoms with Crippen molar-refractivity contribution in [1.29, 1.82) is 0 Å². The van der Waals surface area contributed by atoms with Crippen LogP contribution in [0, 0.1) is 5.92 Å². The molecule has 0 N–H and O–H groups in total. The summed E-state index contributed by atoms with van der Waals surface area (Å²) in [6, 6.07) is 2.24. The van der Waals surface area contributed by atoms with E-state index in [1.165, 1.54) is 37.3 Å². The maximum Gasteiger partial charge on any atom is 0.108 e. The molecule has 1 atom stereocenters. The lowest BCUT2D eigenvalue weighted by Crippen LogP contribution is -2.35. The molecule has 19 heavy (non-hydrogen) atoms. The zero-order valence-corrected chi connectivity index (χ0v) is 12.3. The van der Waals surface area contributed by atoms with Gasteiger partial charge in [0.2, 0.25) is 0 Å². The number of hydrogen-bond acceptors (Lipinski definition) is 3. The zero-order chi connectivity index (χ0) is 13.1. The number of likely N-dealkylation sites (tertiary alicyclic amines) is 1. The van der Waals surface area contributed by atoms with E-state index >= 15 is 0 Å². The van der Waals surface area contributed by atoms with E-state index in [0.717, 1.165) is 18.9 Å². The highest BCUT2D eigenvalue weighted by Crippen LogP contribution is 2.22. The predicted octanol–water partition coefficient (Wildman–Crippen LogP) is 2.94. The molecular weight excluding hydrogens is 254 g/mol. The van der Waals surface area contributed by atoms with Gasteiger partial charge in [0.15, 0.2) is 0 Å². The number of thiophene rings is 1. The summed E-state index contributed by atoms with van der Waals surface area (Å²) in [6.07, 6.45) is 7.72. The van der Waals surface area contributed by atoms with Gasteiger partial charge < -0.3 is 4.57 Å². The summed E-state index contributed by atoms with van der Waals surface area (Å²) in [5.74, 6) is 1.98. The summed E-state index contributed by atoms with van der Waals surface area (Å²) in [6.45, 7) is 3.57. The fourth-order valence-electron chi connectivity index (χ4n) is 2.95. The number of hydrogen-bond donors (Lipinski definition) is 0. The molecule has 102 valence electrons. The van der Waals surface area contributed by atoms with Gasteiger partial charge in [-0.1, -0.05) is 0 Å². The number of piperidine rings is 1. The zero-order valence-electron chi connectivity index (χ0n) is 11.5. The summed E-state index contributed by atoms with van der Waals surface area (Å²) < 4.78 is 2.15. The van der Waals surface area contributed by atoms with E-state index in [1.807, 2.05) is 12.4 Å². The van der Waals surface area contributed by atoms with E-state index in [4.69, 9.17) is 0 Å². The fraction of sp³-hybridized carbons (Fsp3) is 0.533. The normalized spacial score (nSPS) is 20.8. The van der Waals surface area contributed by atoms with Crippen molar-refractivity contribution in [2.75, 3.05) is 13.1 Å². The molecule has 1 saturated heterocycles. The van der Waals surface area contributed by atoms with Crippen LogP contribution in [0.1, 0.15) is 24.2 Å². The quantitative estimate of drug-likeness (QED) is 0.855. The first-order valence-corrected chi connectivity index (χ1v) is 7.95. The Labute approximate surface area is 118 Å². The van der Waals surface area contributed by atoms with Crippen molar-refractivity contribution in [1.82, 2.24) is 14.5 Å². The average molecular weight is 275 g/mol. The molecule has 0 aliphatic carbocycles. The van der Waals surface area contributed by atoms with Crippen LogP contribution >= 0.6 is 11.3 Å². The fourth-order valence-corrected chi connectivity index (χ4v) is 3.61. The van der Waals surface area contributed by atoms with Gasteiger partial charge >= 0.3 is 0 Å². The first-order valence-electron chi connectivity index (χ1n) is 7.01. The van der Waals surface area contributed by atoms with Gasteiger partial charge in [-0.25, -0.2) is 4.98 Å². The van der Waals surface area contributed by atoms with Gasteiger partial charge in [-0.2, -0.15) is 11.3 Å². The smallest absolute Gasteiger partial charge is 0.108 e. The van der Waals surface area contributed by atoms with Crippen LogP contribution in [0.2, 0.25) is 0 Å². The Morgan fingerprint density at radius 3 is 3.16 bits per heavy atom. The highest BCUT2D eigenvalue weighted by Gasteiger charge is 2.21. The molecule has 3 heterocycles. The van der Waals surface area contributed by atoms with Gasteiger partial charge in [-0.15, -0.1) is 0 Å². The average Bonchev–Trinajstić information content (AvgIpc) is 3.03. The van der Waals surface area contributed by atoms with Crippen molar-refractivity contribution in [3.8, 4) is 0 Å². The standard InChI is InChI=1S/C15H21N3S/c1-17-7-5-16-15(17)9-13-3-2-6-18(10-13)11-14-4-8-19-12-14/h4-5,7-8,12-13H,2-3,6,9-11H2,1H3/t13-/m1/s1. The minimum Gasteiger partial charge on any atom is -0.338 e. The Hall–Kier alpha value is -1.13. The molecule has 1 aliphatic heterocycles. The molecule has 0 bridgehead atoms. The Morgan fingerprint density at radius 1 is 1.47 bits per heavy atom. The van der Waals surface area contributed by atoms with E-state index in [2.05, 4.69) is 38.3 Å². The summed E-state index contributed by atoms with van der Waals surface area (Å²) >= 11 is 1.79. The van der Waals surface area contributed by atoms with E-state index in [9.17, 15) is 0 Å². The second-order valence-corrected chi connectivity index (χ2v) is 6.31. The second kappa shape index (κ2) is 5.88. The minimum atomic E-state index is 0.758. The molecule has 2 aromatic heterocycles. The summed E-state index contributed by atoms with van der Waals surface area (Å²) in [7, 11) is 2.09. The van der Waals surface area contributed by atoms with E-state index in [0.29, 0.717) is 0 Å². The Kier molecular flexibility index (Phi) is 3.99. The van der Waals surface area contributed by atoms with Crippen LogP contribution in [0.4, 0.5) is 0 Å². The van der Waals surface area contributed by atoms with Crippen LogP contribution in [0.3, 0.4) is 0 Å². The van der Waals surface area contributed by atoms with Gasteiger partial charge in [0, 0.05) is 39.0 Å². The first kappa shape index (κ1) is 12.9. The summed E-state index contributed by atoms with van der Waals surface area (Å²) in [5, 5.41) is 4.44. The third-order valence-electron chi connectivity index (χ3n) is 3.98. The molecule has 1 aliphatic rings. The van der Waals surface area contributed by atoms with Crippen LogP contribution in [-0.2, 0) is 20.0 Å². The van der Waals surface area contributed by atoms with Gasteiger partial charge in [0.25, 0.3) is 0 Å². The number of rotatable bonds is 4. The molecular formula is C15H21N3S. The predicted molar refractivity (Wildman–Crippen MR) is 79.2 cm³/mol. The van der Waals surface area contributed by atoms with Gasteiger partial charge in [-0.3, -0.25) is 4.90 Å². The van der Waals surface area contributed by atoms with Crippen molar-refractivity contribution in [2.45, 2.75) is 25.8 Å². The van der Waals surface area contributed by atoms with E-state index in [1.54, 1.807) is 11.3 Å². The Morgan fingerprint density at radius 2 is 2.42 bits per heavy atom. The van der Waals surface area contributed by atoms with Crippen LogP contribution in [0.5, 0.6) is 0 Å². The molecule has 0 aromatic carbocycles. The van der Waals surface area contributed by atoms with Crippen LogP contribution in [0.15, 0.2) is 29.2 Å². The van der Waals surface area contributed by atoms with Crippen LogP contribution < -0.4 is 0 Å². The van der Waals surface area contributed by atoms with E-state index < -0.39 is 0 Å². The molecule has 0 amide bonds. The molecule has 3 nitrogen and oxygen atoms in total. The van der Waals surface area contributed by atoms with Crippen molar-refractivity contribution >= 4 is 11.3 Å². The lowest BCUT2D eigenvalue weighted by Gasteiger charge is -2.32. The van der Waals surface area contributed by atoms with Gasteiger partial charge in [0.05, 0.1) is 0 Å². The lowest BCUT2D eigenvalue weighted by atomic mass is 9.94. The SMILES string of the molecule is Cn1ccnc1C[C@H]1CCCN(Cc2ccsc2)C1. The number of imidazole rings is 1. The molecule has 0 unspecified atom stereocenters. The third-order valence-corrected chi connectivity index (χ3v) is 4.71. The molecule has 2 aromatic rings. The largest absolute Gasteiger partial charge is 0.338 e. The number of nitrogens with zero attached hydrogens (tertiary/aromatic N) is 3. The highest BCUT2D eigenvalue weighted by molar-refractivity contribution is 7.07. The maximum atomic E-state index is 4.46. The minimum absolute atomic E-state index is 0.758. The maximum absolute atomic E-state index is 4.46. The topological polar surface area (TPSA) is 21.1 Å². The number of aromatic nitrogens is 2. The highest BCUT2D eigenvalue weighted by atomic mass is 32.1. The van der Waals surface area contributed by atoms with E-state index in [-0.39, 0.29) is 0 Å². The van der Waals surface area contributed by atoms with Crippen molar-refractivity contribution in [3.05, 3.63) is 40.6 Å². The monoisotopic (exact) mass is 275 g/mol. The second-order valence-electron chi connectivity index (χ2n) is 5.53. The van der Waals surface area contributed by atoms with Gasteiger partial charge in [0.1, 0.15) is 5.82 Å². The Balaban J connectivity index is 1.57. The summed E-state index contributed by atoms with van der Waals surface area (Å²) in [5.41, 5.74) is 1.46. The molecule has 0 saturated carbocycles. The van der Waals surface area contributed by atoms with Gasteiger partial charge in [-0.05, 0) is 47.7 Å². The number of aryl methyl sites for hydroxylation is 1. The van der Waals surface area contributed by atoms with Crippen molar-refractivity contribution < 1.29 is 0 Å². The molecule has 0 spiro atoms. The Bertz CT molecular complexity index is 503. The van der Waals surface area contributed by atoms with Crippen molar-refractivity contribution in [2.24, 2.45) is 13.0 Å².